The van der Waals surface area contributed by atoms with Crippen molar-refractivity contribution in [2.24, 2.45) is 0 Å². The van der Waals surface area contributed by atoms with E-state index in [2.05, 4.69) is 42.7 Å². The zero-order valence-electron chi connectivity index (χ0n) is 19.7. The van der Waals surface area contributed by atoms with Crippen LogP contribution in [-0.4, -0.2) is 58.7 Å². The molecule has 1 saturated heterocycles. The van der Waals surface area contributed by atoms with Gasteiger partial charge >= 0.3 is 0 Å². The number of anilines is 4. The molecule has 1 aromatic heterocycles. The Kier molecular flexibility index (Phi) is 8.15. The highest BCUT2D eigenvalue weighted by molar-refractivity contribution is 5.57. The van der Waals surface area contributed by atoms with Crippen LogP contribution >= 0.6 is 0 Å². The van der Waals surface area contributed by atoms with Crippen molar-refractivity contribution in [3.63, 3.8) is 0 Å². The zero-order valence-corrected chi connectivity index (χ0v) is 19.7. The van der Waals surface area contributed by atoms with Gasteiger partial charge in [0.25, 0.3) is 0 Å². The fourth-order valence-corrected chi connectivity index (χ4v) is 4.62. The van der Waals surface area contributed by atoms with Crippen LogP contribution in [0.25, 0.3) is 0 Å². The number of hydrogen-bond acceptors (Lipinski definition) is 8. The average Bonchev–Trinajstić information content (AvgIpc) is 3.08. The van der Waals surface area contributed by atoms with E-state index in [0.29, 0.717) is 35.6 Å². The van der Waals surface area contributed by atoms with E-state index in [-0.39, 0.29) is 5.75 Å². The molecular weight excluding hydrogens is 421 g/mol. The Morgan fingerprint density at radius 1 is 0.909 bits per heavy atom. The lowest BCUT2D eigenvalue weighted by Crippen LogP contribution is -2.39. The summed E-state index contributed by atoms with van der Waals surface area (Å²) in [5.74, 6) is 1.26. The van der Waals surface area contributed by atoms with Gasteiger partial charge < -0.3 is 25.6 Å². The summed E-state index contributed by atoms with van der Waals surface area (Å²) in [4.78, 5) is 16.3. The standard InChI is InChI=1S/C24H36FN7O/c1-3-32-14-12-18(13-15-32)27-23-29-22(26-17-8-6-4-5-7-9-17)30-24(31-23)28-19-10-11-21(33-2)20(25)16-19/h10-11,16-18H,3-9,12-15H2,1-2H3,(H3,26,27,28,29,30,31). The third-order valence-electron chi connectivity index (χ3n) is 6.60. The van der Waals surface area contributed by atoms with E-state index >= 15 is 0 Å². The van der Waals surface area contributed by atoms with Gasteiger partial charge in [-0.2, -0.15) is 15.0 Å². The number of nitrogens with one attached hydrogen (secondary N) is 3. The van der Waals surface area contributed by atoms with Crippen LogP contribution in [0.1, 0.15) is 58.3 Å². The van der Waals surface area contributed by atoms with Gasteiger partial charge in [-0.05, 0) is 44.4 Å². The van der Waals surface area contributed by atoms with Crippen molar-refractivity contribution >= 4 is 23.5 Å². The van der Waals surface area contributed by atoms with Crippen molar-refractivity contribution < 1.29 is 9.13 Å². The first-order chi connectivity index (χ1) is 16.1. The van der Waals surface area contributed by atoms with Crippen LogP contribution in [0.15, 0.2) is 18.2 Å². The number of aromatic nitrogens is 3. The van der Waals surface area contributed by atoms with Gasteiger partial charge in [0.1, 0.15) is 0 Å². The van der Waals surface area contributed by atoms with E-state index in [4.69, 9.17) is 4.74 Å². The predicted octanol–water partition coefficient (Wildman–Crippen LogP) is 4.79. The summed E-state index contributed by atoms with van der Waals surface area (Å²) in [6.45, 7) is 5.43. The van der Waals surface area contributed by atoms with Gasteiger partial charge in [0.2, 0.25) is 17.8 Å². The van der Waals surface area contributed by atoms with Crippen molar-refractivity contribution in [1.82, 2.24) is 19.9 Å². The molecule has 2 heterocycles. The van der Waals surface area contributed by atoms with Gasteiger partial charge in [-0.1, -0.05) is 32.6 Å². The Hall–Kier alpha value is -2.68. The second-order valence-corrected chi connectivity index (χ2v) is 8.97. The fraction of sp³-hybridized carbons (Fsp3) is 0.625. The SMILES string of the molecule is CCN1CCC(Nc2nc(Nc3ccc(OC)c(F)c3)nc(NC3CCCCCC3)n2)CC1. The number of halogens is 1. The molecule has 9 heteroatoms. The Balaban J connectivity index is 1.52. The molecule has 1 aliphatic heterocycles. The Bertz CT molecular complexity index is 896. The third kappa shape index (κ3) is 6.66. The quantitative estimate of drug-likeness (QED) is 0.488. The zero-order chi connectivity index (χ0) is 23.0. The van der Waals surface area contributed by atoms with Crippen molar-refractivity contribution in [2.45, 2.75) is 70.4 Å². The number of likely N-dealkylation sites (tertiary alicyclic amines) is 1. The van der Waals surface area contributed by atoms with E-state index in [0.717, 1.165) is 45.3 Å². The normalized spacial score (nSPS) is 18.5. The number of hydrogen-bond donors (Lipinski definition) is 3. The second kappa shape index (κ2) is 11.4. The number of nitrogens with zero attached hydrogens (tertiary/aromatic N) is 4. The molecule has 2 aliphatic rings. The number of rotatable bonds is 8. The summed E-state index contributed by atoms with van der Waals surface area (Å²) in [6.07, 6.45) is 9.37. The molecule has 3 N–H and O–H groups in total. The molecule has 0 bridgehead atoms. The fourth-order valence-electron chi connectivity index (χ4n) is 4.62. The van der Waals surface area contributed by atoms with E-state index in [1.165, 1.54) is 38.9 Å². The van der Waals surface area contributed by atoms with Crippen LogP contribution in [0.2, 0.25) is 0 Å². The highest BCUT2D eigenvalue weighted by Crippen LogP contribution is 2.25. The van der Waals surface area contributed by atoms with Crippen LogP contribution in [-0.2, 0) is 0 Å². The molecule has 1 aliphatic carbocycles. The van der Waals surface area contributed by atoms with Crippen LogP contribution in [0, 0.1) is 5.82 Å². The maximum atomic E-state index is 14.2. The van der Waals surface area contributed by atoms with Crippen LogP contribution in [0.4, 0.5) is 27.9 Å². The minimum absolute atomic E-state index is 0.202. The summed E-state index contributed by atoms with van der Waals surface area (Å²) >= 11 is 0. The molecule has 0 unspecified atom stereocenters. The van der Waals surface area contributed by atoms with Gasteiger partial charge in [0.15, 0.2) is 11.6 Å². The largest absolute Gasteiger partial charge is 0.494 e. The molecule has 180 valence electrons. The lowest BCUT2D eigenvalue weighted by Gasteiger charge is -2.31. The monoisotopic (exact) mass is 457 g/mol. The molecule has 33 heavy (non-hydrogen) atoms. The number of ether oxygens (including phenoxy) is 1. The topological polar surface area (TPSA) is 87.2 Å². The molecule has 2 fully saturated rings. The van der Waals surface area contributed by atoms with E-state index in [1.54, 1.807) is 12.1 Å². The summed E-state index contributed by atoms with van der Waals surface area (Å²) in [5, 5.41) is 10.2. The Morgan fingerprint density at radius 2 is 1.52 bits per heavy atom. The first-order valence-corrected chi connectivity index (χ1v) is 12.2. The summed E-state index contributed by atoms with van der Waals surface area (Å²) < 4.78 is 19.2. The summed E-state index contributed by atoms with van der Waals surface area (Å²) in [5.41, 5.74) is 0.558. The molecule has 8 nitrogen and oxygen atoms in total. The molecule has 0 radical (unpaired) electrons. The first-order valence-electron chi connectivity index (χ1n) is 12.2. The van der Waals surface area contributed by atoms with Gasteiger partial charge in [0, 0.05) is 36.9 Å². The molecular formula is C24H36FN7O. The average molecular weight is 458 g/mol. The predicted molar refractivity (Wildman–Crippen MR) is 130 cm³/mol. The minimum Gasteiger partial charge on any atom is -0.494 e. The maximum Gasteiger partial charge on any atom is 0.233 e. The third-order valence-corrected chi connectivity index (χ3v) is 6.60. The van der Waals surface area contributed by atoms with Gasteiger partial charge in [0.05, 0.1) is 7.11 Å². The molecule has 0 spiro atoms. The number of piperidine rings is 1. The Labute approximate surface area is 195 Å². The smallest absolute Gasteiger partial charge is 0.233 e. The second-order valence-electron chi connectivity index (χ2n) is 8.97. The van der Waals surface area contributed by atoms with Crippen LogP contribution in [0.5, 0.6) is 5.75 Å². The lowest BCUT2D eigenvalue weighted by molar-refractivity contribution is 0.229. The van der Waals surface area contributed by atoms with E-state index in [1.807, 2.05) is 0 Å². The van der Waals surface area contributed by atoms with Crippen molar-refractivity contribution in [2.75, 3.05) is 42.7 Å². The Morgan fingerprint density at radius 3 is 2.09 bits per heavy atom. The number of methoxy groups -OCH3 is 1. The molecule has 1 aromatic carbocycles. The van der Waals surface area contributed by atoms with E-state index < -0.39 is 5.82 Å². The minimum atomic E-state index is -0.436. The molecule has 0 atom stereocenters. The van der Waals surface area contributed by atoms with E-state index in [9.17, 15) is 4.39 Å². The highest BCUT2D eigenvalue weighted by Gasteiger charge is 2.20. The van der Waals surface area contributed by atoms with Crippen LogP contribution < -0.4 is 20.7 Å². The van der Waals surface area contributed by atoms with Crippen molar-refractivity contribution in [1.29, 1.82) is 0 Å². The van der Waals surface area contributed by atoms with Crippen molar-refractivity contribution in [3.05, 3.63) is 24.0 Å². The van der Waals surface area contributed by atoms with Gasteiger partial charge in [-0.25, -0.2) is 4.39 Å². The summed E-state index contributed by atoms with van der Waals surface area (Å²) in [6, 6.07) is 5.41. The summed E-state index contributed by atoms with van der Waals surface area (Å²) in [7, 11) is 1.45. The van der Waals surface area contributed by atoms with Crippen LogP contribution in [0.3, 0.4) is 0 Å². The first kappa shape index (κ1) is 23.5. The van der Waals surface area contributed by atoms with Gasteiger partial charge in [-0.15, -0.1) is 0 Å². The number of benzene rings is 1. The molecule has 2 aromatic rings. The maximum absolute atomic E-state index is 14.2. The molecule has 1 saturated carbocycles. The highest BCUT2D eigenvalue weighted by atomic mass is 19.1. The molecule has 0 amide bonds. The van der Waals surface area contributed by atoms with Gasteiger partial charge in [-0.3, -0.25) is 0 Å². The van der Waals surface area contributed by atoms with Crippen molar-refractivity contribution in [3.8, 4) is 5.75 Å². The lowest BCUT2D eigenvalue weighted by atomic mass is 10.1. The molecule has 4 rings (SSSR count).